The highest BCUT2D eigenvalue weighted by atomic mass is 16.5. The molecule has 1 aliphatic heterocycles. The molecule has 0 amide bonds. The molecule has 1 saturated heterocycles. The lowest BCUT2D eigenvalue weighted by molar-refractivity contribution is 0.0923. The van der Waals surface area contributed by atoms with Crippen LogP contribution >= 0.6 is 0 Å². The third kappa shape index (κ3) is 5.88. The van der Waals surface area contributed by atoms with Crippen molar-refractivity contribution >= 4 is 22.9 Å². The molecule has 1 fully saturated rings. The number of aryl methyl sites for hydroxylation is 2. The largest absolute Gasteiger partial charge is 0.504 e. The average Bonchev–Trinajstić information content (AvgIpc) is 3.37. The number of imidazole rings is 1. The van der Waals surface area contributed by atoms with Gasteiger partial charge in [0.15, 0.2) is 28.4 Å². The Hall–Kier alpha value is -4.42. The third-order valence-corrected chi connectivity index (χ3v) is 7.39. The van der Waals surface area contributed by atoms with Crippen LogP contribution in [-0.2, 0) is 31.9 Å². The number of hydrogen-bond donors (Lipinski definition) is 2. The Morgan fingerprint density at radius 2 is 1.73 bits per heavy atom. The summed E-state index contributed by atoms with van der Waals surface area (Å²) in [7, 11) is 3.07. The molecule has 0 bridgehead atoms. The topological polar surface area (TPSA) is 135 Å². The number of rotatable bonds is 10. The maximum absolute atomic E-state index is 13.3. The van der Waals surface area contributed by atoms with Crippen molar-refractivity contribution in [1.29, 1.82) is 0 Å². The number of phenolic OH excluding ortho intramolecular Hbond substituents is 2. The molecule has 1 aliphatic rings. The van der Waals surface area contributed by atoms with Crippen LogP contribution in [0.2, 0.25) is 0 Å². The summed E-state index contributed by atoms with van der Waals surface area (Å²) in [4.78, 5) is 47.8. The van der Waals surface area contributed by atoms with E-state index in [9.17, 15) is 24.6 Å². The Morgan fingerprint density at radius 1 is 1.00 bits per heavy atom. The van der Waals surface area contributed by atoms with Crippen molar-refractivity contribution in [3.05, 3.63) is 80.5 Å². The predicted octanol–water partition coefficient (Wildman–Crippen LogP) is 1.46. The van der Waals surface area contributed by atoms with Gasteiger partial charge in [0, 0.05) is 52.4 Å². The molecule has 0 saturated carbocycles. The molecule has 216 valence electrons. The summed E-state index contributed by atoms with van der Waals surface area (Å²) in [5, 5.41) is 19.5. The number of morpholine rings is 1. The number of carbonyl (C=O) groups is 1. The van der Waals surface area contributed by atoms with Gasteiger partial charge in [-0.1, -0.05) is 30.3 Å². The van der Waals surface area contributed by atoms with Crippen LogP contribution in [0.1, 0.15) is 22.3 Å². The number of aromatic hydroxyl groups is 2. The Morgan fingerprint density at radius 3 is 2.44 bits per heavy atom. The third-order valence-electron chi connectivity index (χ3n) is 7.39. The van der Waals surface area contributed by atoms with E-state index in [1.54, 1.807) is 7.05 Å². The Kier molecular flexibility index (Phi) is 8.22. The standard InChI is InChI=1S/C29H34N6O6/c1-31-26-25(27(39)32(2)29(31)40)35(28(30-26)34-13-15-41-16-14-34)12-6-11-33(18-20-7-4-3-5-8-20)19-24(38)21-9-10-22(36)23(37)17-21/h3-5,7-10,17,36-37H,6,11-16,18-19H2,1-2H3. The van der Waals surface area contributed by atoms with Gasteiger partial charge in [-0.25, -0.2) is 4.79 Å². The lowest BCUT2D eigenvalue weighted by Gasteiger charge is -2.28. The van der Waals surface area contributed by atoms with Gasteiger partial charge < -0.3 is 24.4 Å². The first-order valence-electron chi connectivity index (χ1n) is 13.5. The minimum atomic E-state index is -0.437. The van der Waals surface area contributed by atoms with Crippen LogP contribution in [0, 0.1) is 0 Å². The van der Waals surface area contributed by atoms with Crippen molar-refractivity contribution in [1.82, 2.24) is 23.6 Å². The fraction of sp³-hybridized carbons (Fsp3) is 0.379. The van der Waals surface area contributed by atoms with Crippen LogP contribution in [0.25, 0.3) is 11.2 Å². The molecule has 2 N–H and O–H groups in total. The number of Topliss-reactive ketones (excluding diaryl/α,β-unsaturated/α-hetero) is 1. The Bertz CT molecular complexity index is 1670. The first-order chi connectivity index (χ1) is 19.7. The first kappa shape index (κ1) is 28.1. The van der Waals surface area contributed by atoms with Crippen LogP contribution in [0.3, 0.4) is 0 Å². The van der Waals surface area contributed by atoms with E-state index >= 15 is 0 Å². The number of aromatic nitrogens is 4. The van der Waals surface area contributed by atoms with Crippen LogP contribution in [0.15, 0.2) is 58.1 Å². The van der Waals surface area contributed by atoms with Crippen molar-refractivity contribution in [2.75, 3.05) is 44.3 Å². The Labute approximate surface area is 236 Å². The van der Waals surface area contributed by atoms with Crippen LogP contribution in [0.5, 0.6) is 11.5 Å². The zero-order valence-corrected chi connectivity index (χ0v) is 23.2. The second kappa shape index (κ2) is 12.0. The van der Waals surface area contributed by atoms with Gasteiger partial charge in [0.1, 0.15) is 0 Å². The quantitative estimate of drug-likeness (QED) is 0.218. The molecule has 0 unspecified atom stereocenters. The zero-order valence-electron chi connectivity index (χ0n) is 23.2. The van der Waals surface area contributed by atoms with Gasteiger partial charge in [0.25, 0.3) is 5.56 Å². The molecule has 0 radical (unpaired) electrons. The van der Waals surface area contributed by atoms with E-state index in [0.29, 0.717) is 75.0 Å². The summed E-state index contributed by atoms with van der Waals surface area (Å²) in [6, 6.07) is 13.9. The smallest absolute Gasteiger partial charge is 0.332 e. The number of ether oxygens (including phenoxy) is 1. The molecule has 41 heavy (non-hydrogen) atoms. The van der Waals surface area contributed by atoms with Crippen molar-refractivity contribution in [2.24, 2.45) is 14.1 Å². The number of fused-ring (bicyclic) bond motifs is 1. The molecule has 0 aliphatic carbocycles. The van der Waals surface area contributed by atoms with E-state index in [4.69, 9.17) is 9.72 Å². The van der Waals surface area contributed by atoms with Crippen molar-refractivity contribution in [3.8, 4) is 11.5 Å². The number of benzene rings is 2. The number of phenols is 2. The zero-order chi connectivity index (χ0) is 29.1. The minimum Gasteiger partial charge on any atom is -0.504 e. The number of nitrogens with zero attached hydrogens (tertiary/aromatic N) is 6. The summed E-state index contributed by atoms with van der Waals surface area (Å²) >= 11 is 0. The molecule has 0 atom stereocenters. The van der Waals surface area contributed by atoms with Gasteiger partial charge in [-0.15, -0.1) is 0 Å². The molecule has 12 heteroatoms. The Balaban J connectivity index is 1.42. The van der Waals surface area contributed by atoms with Crippen LogP contribution < -0.4 is 16.1 Å². The lowest BCUT2D eigenvalue weighted by atomic mass is 10.1. The van der Waals surface area contributed by atoms with Gasteiger partial charge in [-0.05, 0) is 30.2 Å². The van der Waals surface area contributed by atoms with E-state index < -0.39 is 11.2 Å². The summed E-state index contributed by atoms with van der Waals surface area (Å²) in [5.41, 5.74) is 1.20. The van der Waals surface area contributed by atoms with E-state index in [2.05, 4.69) is 4.90 Å². The molecule has 2 aromatic carbocycles. The SMILES string of the molecule is Cn1c(=O)c2c(nc(N3CCOCC3)n2CCCN(CC(=O)c2ccc(O)c(O)c2)Cc2ccccc2)n(C)c1=O. The summed E-state index contributed by atoms with van der Waals surface area (Å²) in [6.45, 7) is 3.90. The summed E-state index contributed by atoms with van der Waals surface area (Å²) < 4.78 is 9.88. The monoisotopic (exact) mass is 562 g/mol. The predicted molar refractivity (Wildman–Crippen MR) is 154 cm³/mol. The fourth-order valence-electron chi connectivity index (χ4n) is 5.15. The molecule has 3 heterocycles. The van der Waals surface area contributed by atoms with Crippen molar-refractivity contribution < 1.29 is 19.7 Å². The number of anilines is 1. The van der Waals surface area contributed by atoms with E-state index in [0.717, 1.165) is 10.1 Å². The average molecular weight is 563 g/mol. The highest BCUT2D eigenvalue weighted by molar-refractivity contribution is 5.98. The van der Waals surface area contributed by atoms with Crippen LogP contribution in [-0.4, -0.2) is 79.0 Å². The van der Waals surface area contributed by atoms with Gasteiger partial charge >= 0.3 is 5.69 Å². The maximum atomic E-state index is 13.3. The fourth-order valence-corrected chi connectivity index (χ4v) is 5.15. The number of carbonyl (C=O) groups excluding carboxylic acids is 1. The lowest BCUT2D eigenvalue weighted by Crippen LogP contribution is -2.39. The van der Waals surface area contributed by atoms with Crippen molar-refractivity contribution in [3.63, 3.8) is 0 Å². The molecule has 0 spiro atoms. The molecule has 12 nitrogen and oxygen atoms in total. The van der Waals surface area contributed by atoms with E-state index in [1.165, 1.54) is 29.8 Å². The van der Waals surface area contributed by atoms with Crippen molar-refractivity contribution in [2.45, 2.75) is 19.5 Å². The van der Waals surface area contributed by atoms with Gasteiger partial charge in [0.05, 0.1) is 19.8 Å². The van der Waals surface area contributed by atoms with E-state index in [-0.39, 0.29) is 23.8 Å². The molecule has 4 aromatic rings. The van der Waals surface area contributed by atoms with Gasteiger partial charge in [-0.3, -0.25) is 23.6 Å². The van der Waals surface area contributed by atoms with Crippen LogP contribution in [0.4, 0.5) is 5.95 Å². The molecular weight excluding hydrogens is 528 g/mol. The summed E-state index contributed by atoms with van der Waals surface area (Å²) in [6.07, 6.45) is 0.593. The first-order valence-corrected chi connectivity index (χ1v) is 13.5. The van der Waals surface area contributed by atoms with Gasteiger partial charge in [-0.2, -0.15) is 4.98 Å². The molecule has 2 aromatic heterocycles. The number of hydrogen-bond acceptors (Lipinski definition) is 9. The highest BCUT2D eigenvalue weighted by Gasteiger charge is 2.24. The van der Waals surface area contributed by atoms with E-state index in [1.807, 2.05) is 39.8 Å². The maximum Gasteiger partial charge on any atom is 0.332 e. The minimum absolute atomic E-state index is 0.0936. The van der Waals surface area contributed by atoms with Gasteiger partial charge in [0.2, 0.25) is 5.95 Å². The number of ketones is 1. The molecular formula is C29H34N6O6. The normalized spacial score (nSPS) is 13.8. The highest BCUT2D eigenvalue weighted by Crippen LogP contribution is 2.25. The second-order valence-corrected chi connectivity index (χ2v) is 10.2. The second-order valence-electron chi connectivity index (χ2n) is 10.2. The molecule has 5 rings (SSSR count). The summed E-state index contributed by atoms with van der Waals surface area (Å²) in [5.74, 6) is -0.201.